The molecule has 1 saturated heterocycles. The van der Waals surface area contributed by atoms with Gasteiger partial charge in [0.25, 0.3) is 5.82 Å². The summed E-state index contributed by atoms with van der Waals surface area (Å²) in [5.74, 6) is 0.772. The highest BCUT2D eigenvalue weighted by Gasteiger charge is 2.37. The first-order valence-electron chi connectivity index (χ1n) is 8.63. The van der Waals surface area contributed by atoms with Gasteiger partial charge in [-0.2, -0.15) is 22.7 Å². The number of alkyl halides is 3. The fraction of sp³-hybridized carbons (Fsp3) is 0.438. The van der Waals surface area contributed by atoms with Crippen molar-refractivity contribution in [3.05, 3.63) is 30.2 Å². The van der Waals surface area contributed by atoms with Gasteiger partial charge in [-0.25, -0.2) is 4.98 Å². The van der Waals surface area contributed by atoms with Gasteiger partial charge in [0.15, 0.2) is 5.65 Å². The molecule has 0 N–H and O–H groups in total. The van der Waals surface area contributed by atoms with E-state index in [2.05, 4.69) is 30.2 Å². The number of hydrogen-bond acceptors (Lipinski definition) is 8. The summed E-state index contributed by atoms with van der Waals surface area (Å²) in [4.78, 5) is 14.6. The maximum Gasteiger partial charge on any atom is 0.453 e. The zero-order valence-corrected chi connectivity index (χ0v) is 15.3. The normalized spacial score (nSPS) is 15.3. The van der Waals surface area contributed by atoms with Crippen LogP contribution in [0.2, 0.25) is 0 Å². The number of hydrogen-bond donors (Lipinski definition) is 0. The van der Waals surface area contributed by atoms with E-state index < -0.39 is 12.0 Å². The Morgan fingerprint density at radius 1 is 0.929 bits per heavy atom. The van der Waals surface area contributed by atoms with Crippen LogP contribution in [0.4, 0.5) is 30.8 Å². The van der Waals surface area contributed by atoms with Crippen LogP contribution >= 0.6 is 0 Å². The van der Waals surface area contributed by atoms with Gasteiger partial charge in [-0.05, 0) is 18.2 Å². The van der Waals surface area contributed by atoms with Crippen molar-refractivity contribution in [2.75, 3.05) is 55.0 Å². The second-order valence-electron chi connectivity index (χ2n) is 6.57. The van der Waals surface area contributed by atoms with Crippen LogP contribution in [-0.4, -0.2) is 70.1 Å². The Bertz CT molecular complexity index is 977. The van der Waals surface area contributed by atoms with Gasteiger partial charge in [-0.1, -0.05) is 0 Å². The molecule has 4 rings (SSSR count). The van der Waals surface area contributed by atoms with Gasteiger partial charge in [0.2, 0.25) is 5.95 Å². The standard InChI is InChI=1S/C16H18F3N9/c1-25(2)15-20-6-5-11(21-15)26-7-9-27(10-8-26)13-4-3-12-22-23-14(16(17,18)19)28(12)24-13/h3-6H,7-10H2,1-2H3. The van der Waals surface area contributed by atoms with Crippen LogP contribution in [0.3, 0.4) is 0 Å². The molecule has 9 nitrogen and oxygen atoms in total. The quantitative estimate of drug-likeness (QED) is 0.660. The third-order valence-electron chi connectivity index (χ3n) is 4.46. The molecular weight excluding hydrogens is 375 g/mol. The predicted octanol–water partition coefficient (Wildman–Crippen LogP) is 1.33. The van der Waals surface area contributed by atoms with Gasteiger partial charge >= 0.3 is 6.18 Å². The Morgan fingerprint density at radius 3 is 2.25 bits per heavy atom. The Morgan fingerprint density at radius 2 is 1.61 bits per heavy atom. The molecule has 0 unspecified atom stereocenters. The Labute approximate surface area is 158 Å². The molecule has 0 amide bonds. The summed E-state index contributed by atoms with van der Waals surface area (Å²) >= 11 is 0. The topological polar surface area (TPSA) is 78.6 Å². The van der Waals surface area contributed by atoms with E-state index in [1.54, 1.807) is 12.3 Å². The van der Waals surface area contributed by atoms with Gasteiger partial charge in [-0.15, -0.1) is 15.3 Å². The van der Waals surface area contributed by atoms with Crippen LogP contribution in [0.25, 0.3) is 5.65 Å². The summed E-state index contributed by atoms with van der Waals surface area (Å²) in [6, 6.07) is 5.00. The van der Waals surface area contributed by atoms with E-state index in [-0.39, 0.29) is 5.65 Å². The molecule has 28 heavy (non-hydrogen) atoms. The Hall–Kier alpha value is -3.18. The lowest BCUT2D eigenvalue weighted by molar-refractivity contribution is -0.146. The van der Waals surface area contributed by atoms with Gasteiger partial charge in [0, 0.05) is 46.5 Å². The number of fused-ring (bicyclic) bond motifs is 1. The minimum absolute atomic E-state index is 0.0620. The van der Waals surface area contributed by atoms with Crippen LogP contribution in [-0.2, 0) is 6.18 Å². The third kappa shape index (κ3) is 3.37. The Kier molecular flexibility index (Phi) is 4.40. The monoisotopic (exact) mass is 393 g/mol. The largest absolute Gasteiger partial charge is 0.453 e. The average molecular weight is 393 g/mol. The molecule has 0 spiro atoms. The van der Waals surface area contributed by atoms with Gasteiger partial charge in [-0.3, -0.25) is 0 Å². The second-order valence-corrected chi connectivity index (χ2v) is 6.57. The molecule has 0 atom stereocenters. The van der Waals surface area contributed by atoms with E-state index in [0.29, 0.717) is 37.9 Å². The highest BCUT2D eigenvalue weighted by atomic mass is 19.4. The first-order valence-corrected chi connectivity index (χ1v) is 8.63. The van der Waals surface area contributed by atoms with Crippen molar-refractivity contribution in [2.24, 2.45) is 0 Å². The van der Waals surface area contributed by atoms with Crippen molar-refractivity contribution in [3.8, 4) is 0 Å². The lowest BCUT2D eigenvalue weighted by Gasteiger charge is -2.36. The number of piperazine rings is 1. The first kappa shape index (κ1) is 18.2. The molecule has 0 aliphatic carbocycles. The molecule has 1 aliphatic rings. The summed E-state index contributed by atoms with van der Waals surface area (Å²) in [6.07, 6.45) is -2.90. The van der Waals surface area contributed by atoms with Crippen molar-refractivity contribution in [2.45, 2.75) is 6.18 Å². The zero-order valence-electron chi connectivity index (χ0n) is 15.3. The number of halogens is 3. The molecular formula is C16H18F3N9. The van der Waals surface area contributed by atoms with Crippen LogP contribution in [0.5, 0.6) is 0 Å². The van der Waals surface area contributed by atoms with Crippen molar-refractivity contribution >= 4 is 23.2 Å². The van der Waals surface area contributed by atoms with Crippen molar-refractivity contribution in [3.63, 3.8) is 0 Å². The maximum atomic E-state index is 13.1. The molecule has 12 heteroatoms. The Balaban J connectivity index is 1.51. The average Bonchev–Trinajstić information content (AvgIpc) is 3.12. The van der Waals surface area contributed by atoms with E-state index in [1.165, 1.54) is 6.07 Å². The predicted molar refractivity (Wildman–Crippen MR) is 96.6 cm³/mol. The smallest absolute Gasteiger partial charge is 0.353 e. The summed E-state index contributed by atoms with van der Waals surface area (Å²) < 4.78 is 39.9. The molecule has 0 aromatic carbocycles. The fourth-order valence-electron chi connectivity index (χ4n) is 3.02. The highest BCUT2D eigenvalue weighted by molar-refractivity contribution is 5.49. The van der Waals surface area contributed by atoms with Crippen molar-refractivity contribution in [1.82, 2.24) is 29.8 Å². The molecule has 0 bridgehead atoms. The van der Waals surface area contributed by atoms with E-state index in [9.17, 15) is 13.2 Å². The lowest BCUT2D eigenvalue weighted by atomic mass is 10.3. The van der Waals surface area contributed by atoms with E-state index >= 15 is 0 Å². The van der Waals surface area contributed by atoms with Crippen LogP contribution in [0, 0.1) is 0 Å². The molecule has 3 aromatic rings. The van der Waals surface area contributed by atoms with Crippen LogP contribution in [0.15, 0.2) is 24.4 Å². The summed E-state index contributed by atoms with van der Waals surface area (Å²) in [7, 11) is 3.75. The first-order chi connectivity index (χ1) is 13.3. The van der Waals surface area contributed by atoms with Gasteiger partial charge in [0.05, 0.1) is 0 Å². The van der Waals surface area contributed by atoms with Crippen molar-refractivity contribution < 1.29 is 13.2 Å². The SMILES string of the molecule is CN(C)c1nccc(N2CCN(c3ccc4nnc(C(F)(F)F)n4n3)CC2)n1. The lowest BCUT2D eigenvalue weighted by Crippen LogP contribution is -2.47. The fourth-order valence-corrected chi connectivity index (χ4v) is 3.02. The molecule has 0 radical (unpaired) electrons. The maximum absolute atomic E-state index is 13.1. The molecule has 148 valence electrons. The molecule has 3 aromatic heterocycles. The molecule has 1 aliphatic heterocycles. The molecule has 1 fully saturated rings. The number of nitrogens with zero attached hydrogens (tertiary/aromatic N) is 9. The number of anilines is 3. The van der Waals surface area contributed by atoms with E-state index in [0.717, 1.165) is 10.3 Å². The van der Waals surface area contributed by atoms with Gasteiger partial charge < -0.3 is 14.7 Å². The highest BCUT2D eigenvalue weighted by Crippen LogP contribution is 2.28. The minimum atomic E-state index is -4.61. The minimum Gasteiger partial charge on any atom is -0.353 e. The second kappa shape index (κ2) is 6.77. The summed E-state index contributed by atoms with van der Waals surface area (Å²) in [6.45, 7) is 2.53. The molecule has 0 saturated carbocycles. The van der Waals surface area contributed by atoms with Gasteiger partial charge in [0.1, 0.15) is 11.6 Å². The molecule has 4 heterocycles. The third-order valence-corrected chi connectivity index (χ3v) is 4.46. The van der Waals surface area contributed by atoms with Crippen LogP contribution in [0.1, 0.15) is 5.82 Å². The van der Waals surface area contributed by atoms with Crippen molar-refractivity contribution in [1.29, 1.82) is 0 Å². The van der Waals surface area contributed by atoms with E-state index in [1.807, 2.05) is 30.0 Å². The summed E-state index contributed by atoms with van der Waals surface area (Å²) in [5.41, 5.74) is 0.0620. The number of rotatable bonds is 3. The zero-order chi connectivity index (χ0) is 19.9. The number of aromatic nitrogens is 6. The van der Waals surface area contributed by atoms with E-state index in [4.69, 9.17) is 0 Å². The van der Waals surface area contributed by atoms with Crippen LogP contribution < -0.4 is 14.7 Å². The summed E-state index contributed by atoms with van der Waals surface area (Å²) in [5, 5.41) is 10.8.